The molecule has 1 amide bonds. The normalized spacial score (nSPS) is 26.9. The summed E-state index contributed by atoms with van der Waals surface area (Å²) >= 11 is 5.85. The van der Waals surface area contributed by atoms with Crippen molar-refractivity contribution >= 4 is 29.6 Å². The third-order valence-electron chi connectivity index (χ3n) is 3.74. The molecule has 1 spiro atoms. The number of carbonyl (C=O) groups excluding carboxylic acids is 1. The van der Waals surface area contributed by atoms with E-state index < -0.39 is 11.4 Å². The minimum Gasteiger partial charge on any atom is -0.462 e. The first-order valence-electron chi connectivity index (χ1n) is 6.33. The van der Waals surface area contributed by atoms with E-state index in [-0.39, 0.29) is 21.9 Å². The van der Waals surface area contributed by atoms with Crippen molar-refractivity contribution in [3.05, 3.63) is 28.5 Å². The number of ether oxygens (including phenoxy) is 1. The van der Waals surface area contributed by atoms with Gasteiger partial charge in [0.15, 0.2) is 12.2 Å². The molecular formula is C14H14ClFN2O2. The molecule has 106 valence electrons. The number of halogens is 2. The summed E-state index contributed by atoms with van der Waals surface area (Å²) in [6, 6.07) is 3.02. The fourth-order valence-electron chi connectivity index (χ4n) is 2.84. The van der Waals surface area contributed by atoms with Gasteiger partial charge in [0.25, 0.3) is 5.91 Å². The summed E-state index contributed by atoms with van der Waals surface area (Å²) in [6.45, 7) is 4.50. The van der Waals surface area contributed by atoms with Crippen molar-refractivity contribution in [2.45, 2.75) is 25.9 Å². The van der Waals surface area contributed by atoms with Gasteiger partial charge in [-0.25, -0.2) is 9.38 Å². The highest BCUT2D eigenvalue weighted by molar-refractivity contribution is 6.31. The number of aliphatic imine (C=N–C) groups is 1. The maximum atomic E-state index is 14.5. The van der Waals surface area contributed by atoms with E-state index in [2.05, 4.69) is 10.3 Å². The molecule has 0 radical (unpaired) electrons. The molecule has 4 nitrogen and oxygen atoms in total. The smallest absolute Gasteiger partial charge is 0.269 e. The van der Waals surface area contributed by atoms with Crippen LogP contribution in [-0.4, -0.2) is 18.9 Å². The molecule has 3 rings (SSSR count). The second kappa shape index (κ2) is 4.19. The molecular weight excluding hydrogens is 283 g/mol. The van der Waals surface area contributed by atoms with Gasteiger partial charge in [0.2, 0.25) is 5.60 Å². The minimum atomic E-state index is -1.40. The summed E-state index contributed by atoms with van der Waals surface area (Å²) in [5.74, 6) is -1.00. The highest BCUT2D eigenvalue weighted by atomic mass is 35.5. The number of fused-ring (bicyclic) bond motifs is 2. The molecule has 1 fully saturated rings. The second-order valence-corrected chi connectivity index (χ2v) is 6.37. The molecule has 1 aromatic carbocycles. The molecule has 2 heterocycles. The van der Waals surface area contributed by atoms with Crippen molar-refractivity contribution in [1.29, 1.82) is 0 Å². The number of benzene rings is 1. The van der Waals surface area contributed by atoms with Gasteiger partial charge in [-0.3, -0.25) is 4.79 Å². The van der Waals surface area contributed by atoms with Gasteiger partial charge in [0, 0.05) is 13.0 Å². The van der Waals surface area contributed by atoms with Gasteiger partial charge in [-0.05, 0) is 17.5 Å². The van der Waals surface area contributed by atoms with Crippen LogP contribution in [0.5, 0.6) is 0 Å². The highest BCUT2D eigenvalue weighted by Gasteiger charge is 2.53. The lowest BCUT2D eigenvalue weighted by Gasteiger charge is -2.44. The van der Waals surface area contributed by atoms with Gasteiger partial charge in [0.05, 0.1) is 16.3 Å². The minimum absolute atomic E-state index is 0.0417. The van der Waals surface area contributed by atoms with Crippen LogP contribution in [-0.2, 0) is 15.1 Å². The van der Waals surface area contributed by atoms with Crippen molar-refractivity contribution in [1.82, 2.24) is 5.32 Å². The topological polar surface area (TPSA) is 50.7 Å². The third kappa shape index (κ3) is 1.80. The number of nitrogens with one attached hydrogen (secondary N) is 1. The number of hydrogen-bond acceptors (Lipinski definition) is 3. The lowest BCUT2D eigenvalue weighted by Crippen LogP contribution is -2.57. The Morgan fingerprint density at radius 1 is 1.45 bits per heavy atom. The van der Waals surface area contributed by atoms with Crippen LogP contribution in [0.1, 0.15) is 25.8 Å². The lowest BCUT2D eigenvalue weighted by molar-refractivity contribution is -0.147. The van der Waals surface area contributed by atoms with Gasteiger partial charge in [-0.2, -0.15) is 0 Å². The first kappa shape index (κ1) is 13.4. The molecule has 2 aliphatic heterocycles. The lowest BCUT2D eigenvalue weighted by atomic mass is 9.72. The van der Waals surface area contributed by atoms with E-state index in [0.29, 0.717) is 18.7 Å². The monoisotopic (exact) mass is 296 g/mol. The number of hydrogen-bond donors (Lipinski definition) is 1. The Balaban J connectivity index is 2.24. The van der Waals surface area contributed by atoms with Crippen LogP contribution in [0.25, 0.3) is 0 Å². The van der Waals surface area contributed by atoms with E-state index in [1.54, 1.807) is 6.07 Å². The molecule has 0 bridgehead atoms. The number of nitrogens with zero attached hydrogens (tertiary/aromatic N) is 1. The molecule has 2 aliphatic rings. The fourth-order valence-corrected chi connectivity index (χ4v) is 3.00. The largest absolute Gasteiger partial charge is 0.462 e. The van der Waals surface area contributed by atoms with Crippen molar-refractivity contribution < 1.29 is 13.9 Å². The quantitative estimate of drug-likeness (QED) is 0.800. The zero-order valence-corrected chi connectivity index (χ0v) is 11.9. The van der Waals surface area contributed by atoms with Gasteiger partial charge in [-0.1, -0.05) is 25.4 Å². The van der Waals surface area contributed by atoms with Gasteiger partial charge in [0.1, 0.15) is 0 Å². The van der Waals surface area contributed by atoms with Crippen molar-refractivity contribution in [2.75, 3.05) is 6.54 Å². The van der Waals surface area contributed by atoms with E-state index in [1.807, 2.05) is 13.8 Å². The summed E-state index contributed by atoms with van der Waals surface area (Å²) in [5.41, 5.74) is -1.11. The molecule has 6 heteroatoms. The first-order valence-corrected chi connectivity index (χ1v) is 6.71. The predicted octanol–water partition coefficient (Wildman–Crippen LogP) is 2.91. The van der Waals surface area contributed by atoms with Crippen LogP contribution in [0.4, 0.5) is 10.1 Å². The molecule has 0 aromatic heterocycles. The SMILES string of the molecule is CC1(C)CNC(=O)C2(C1)OC=Nc1ccc(Cl)c(F)c12. The van der Waals surface area contributed by atoms with E-state index in [1.165, 1.54) is 12.5 Å². The Hall–Kier alpha value is -1.62. The molecule has 0 saturated carbocycles. The Bertz CT molecular complexity index is 630. The van der Waals surface area contributed by atoms with Gasteiger partial charge < -0.3 is 10.1 Å². The molecule has 1 saturated heterocycles. The standard InChI is InChI=1S/C14H14ClFN2O2/c1-13(2)5-14(12(19)17-6-13)10-9(18-7-20-14)4-3-8(15)11(10)16/h3-4,7H,5-6H2,1-2H3,(H,17,19). The fraction of sp³-hybridized carbons (Fsp3) is 0.429. The van der Waals surface area contributed by atoms with E-state index >= 15 is 0 Å². The van der Waals surface area contributed by atoms with E-state index in [9.17, 15) is 9.18 Å². The molecule has 1 aromatic rings. The maximum Gasteiger partial charge on any atom is 0.269 e. The van der Waals surface area contributed by atoms with Crippen LogP contribution >= 0.6 is 11.6 Å². The third-order valence-corrected chi connectivity index (χ3v) is 4.04. The zero-order valence-electron chi connectivity index (χ0n) is 11.2. The Labute approximate surface area is 121 Å². The van der Waals surface area contributed by atoms with Crippen molar-refractivity contribution in [3.63, 3.8) is 0 Å². The average Bonchev–Trinajstić information content (AvgIpc) is 2.38. The Morgan fingerprint density at radius 2 is 2.20 bits per heavy atom. The van der Waals surface area contributed by atoms with E-state index in [0.717, 1.165) is 0 Å². The maximum absolute atomic E-state index is 14.5. The zero-order chi connectivity index (χ0) is 14.5. The summed E-state index contributed by atoms with van der Waals surface area (Å²) in [7, 11) is 0. The first-order chi connectivity index (χ1) is 9.36. The van der Waals surface area contributed by atoms with Crippen LogP contribution < -0.4 is 5.32 Å². The molecule has 20 heavy (non-hydrogen) atoms. The van der Waals surface area contributed by atoms with Crippen LogP contribution in [0.3, 0.4) is 0 Å². The molecule has 1 N–H and O–H groups in total. The predicted molar refractivity (Wildman–Crippen MR) is 73.7 cm³/mol. The number of piperidine rings is 1. The summed E-state index contributed by atoms with van der Waals surface area (Å²) in [6.07, 6.45) is 1.57. The van der Waals surface area contributed by atoms with Crippen molar-refractivity contribution in [3.8, 4) is 0 Å². The summed E-state index contributed by atoms with van der Waals surface area (Å²) < 4.78 is 20.0. The average molecular weight is 297 g/mol. The number of rotatable bonds is 0. The van der Waals surface area contributed by atoms with Gasteiger partial charge >= 0.3 is 0 Å². The number of carbonyl (C=O) groups is 1. The molecule has 1 unspecified atom stereocenters. The Kier molecular flexibility index (Phi) is 2.80. The molecule has 0 aliphatic carbocycles. The van der Waals surface area contributed by atoms with Crippen molar-refractivity contribution in [2.24, 2.45) is 10.4 Å². The second-order valence-electron chi connectivity index (χ2n) is 5.96. The number of amides is 1. The highest BCUT2D eigenvalue weighted by Crippen LogP contribution is 2.48. The van der Waals surface area contributed by atoms with Crippen LogP contribution in [0, 0.1) is 11.2 Å². The summed E-state index contributed by atoms with van der Waals surface area (Å²) in [4.78, 5) is 16.4. The van der Waals surface area contributed by atoms with Crippen LogP contribution in [0.15, 0.2) is 17.1 Å². The Morgan fingerprint density at radius 3 is 2.95 bits per heavy atom. The summed E-state index contributed by atoms with van der Waals surface area (Å²) in [5, 5.41) is 2.74. The van der Waals surface area contributed by atoms with E-state index in [4.69, 9.17) is 16.3 Å². The van der Waals surface area contributed by atoms with Gasteiger partial charge in [-0.15, -0.1) is 0 Å². The van der Waals surface area contributed by atoms with Crippen LogP contribution in [0.2, 0.25) is 5.02 Å². The molecule has 1 atom stereocenters.